The average Bonchev–Trinajstić information content (AvgIpc) is 2.98. The summed E-state index contributed by atoms with van der Waals surface area (Å²) in [5, 5.41) is 7.46. The summed E-state index contributed by atoms with van der Waals surface area (Å²) < 4.78 is 10.6. The molecule has 108 valence electrons. The fraction of sp³-hybridized carbons (Fsp3) is 0.429. The smallest absolute Gasteiger partial charge is 0.244 e. The van der Waals surface area contributed by atoms with E-state index in [0.717, 1.165) is 24.3 Å². The molecule has 3 rings (SSSR count). The third kappa shape index (κ3) is 3.11. The third-order valence-electron chi connectivity index (χ3n) is 3.38. The van der Waals surface area contributed by atoms with Crippen LogP contribution in [0.25, 0.3) is 11.4 Å². The van der Waals surface area contributed by atoms with Gasteiger partial charge in [0.25, 0.3) is 0 Å². The van der Waals surface area contributed by atoms with Crippen LogP contribution in [0, 0.1) is 0 Å². The van der Waals surface area contributed by atoms with Gasteiger partial charge in [0.2, 0.25) is 11.7 Å². The standard InChI is InChI=1S/C14H17N3O2.ClH/c1-18-11-6-4-5-10(9-11)13-16-14(19-17-13)12-7-2-3-8-15-12;/h4-6,9,12,15H,2-3,7-8H2,1H3;1H/t12-;/m0./s1. The summed E-state index contributed by atoms with van der Waals surface area (Å²) in [5.41, 5.74) is 0.908. The van der Waals surface area contributed by atoms with E-state index in [2.05, 4.69) is 15.5 Å². The highest BCUT2D eigenvalue weighted by Crippen LogP contribution is 2.25. The molecular formula is C14H18ClN3O2. The highest BCUT2D eigenvalue weighted by atomic mass is 35.5. The SMILES string of the molecule is COc1cccc(-c2noc([C@@H]3CCCCN3)n2)c1.Cl. The van der Waals surface area contributed by atoms with Gasteiger partial charge in [-0.05, 0) is 31.5 Å². The molecule has 0 amide bonds. The third-order valence-corrected chi connectivity index (χ3v) is 3.38. The minimum atomic E-state index is 0. The second kappa shape index (κ2) is 6.72. The molecule has 1 aromatic heterocycles. The molecule has 6 heteroatoms. The van der Waals surface area contributed by atoms with Crippen LogP contribution in [0.5, 0.6) is 5.75 Å². The van der Waals surface area contributed by atoms with Gasteiger partial charge in [0, 0.05) is 5.56 Å². The molecule has 2 heterocycles. The first-order valence-electron chi connectivity index (χ1n) is 6.58. The molecule has 1 atom stereocenters. The van der Waals surface area contributed by atoms with Gasteiger partial charge in [-0.15, -0.1) is 12.4 Å². The fourth-order valence-corrected chi connectivity index (χ4v) is 2.32. The van der Waals surface area contributed by atoms with Gasteiger partial charge in [0.15, 0.2) is 0 Å². The maximum absolute atomic E-state index is 5.37. The molecule has 1 saturated heterocycles. The van der Waals surface area contributed by atoms with E-state index >= 15 is 0 Å². The second-order valence-electron chi connectivity index (χ2n) is 4.69. The van der Waals surface area contributed by atoms with Crippen molar-refractivity contribution < 1.29 is 9.26 Å². The Bertz CT molecular complexity index is 553. The van der Waals surface area contributed by atoms with Crippen LogP contribution >= 0.6 is 12.4 Å². The van der Waals surface area contributed by atoms with Crippen molar-refractivity contribution >= 4 is 12.4 Å². The monoisotopic (exact) mass is 295 g/mol. The molecule has 20 heavy (non-hydrogen) atoms. The van der Waals surface area contributed by atoms with Crippen LogP contribution in [0.4, 0.5) is 0 Å². The van der Waals surface area contributed by atoms with Crippen molar-refractivity contribution in [3.8, 4) is 17.1 Å². The van der Waals surface area contributed by atoms with E-state index in [4.69, 9.17) is 9.26 Å². The number of nitrogens with one attached hydrogen (secondary N) is 1. The van der Waals surface area contributed by atoms with Crippen LogP contribution < -0.4 is 10.1 Å². The Balaban J connectivity index is 0.00000147. The van der Waals surface area contributed by atoms with E-state index in [1.54, 1.807) is 7.11 Å². The maximum atomic E-state index is 5.37. The predicted molar refractivity (Wildman–Crippen MR) is 78.1 cm³/mol. The molecule has 0 radical (unpaired) electrons. The van der Waals surface area contributed by atoms with Crippen LogP contribution in [-0.4, -0.2) is 23.8 Å². The summed E-state index contributed by atoms with van der Waals surface area (Å²) in [6, 6.07) is 7.87. The van der Waals surface area contributed by atoms with Crippen molar-refractivity contribution in [2.24, 2.45) is 0 Å². The molecule has 0 spiro atoms. The molecule has 0 bridgehead atoms. The van der Waals surface area contributed by atoms with E-state index in [-0.39, 0.29) is 18.4 Å². The largest absolute Gasteiger partial charge is 0.497 e. The maximum Gasteiger partial charge on any atom is 0.244 e. The lowest BCUT2D eigenvalue weighted by Gasteiger charge is -2.19. The summed E-state index contributed by atoms with van der Waals surface area (Å²) in [5.74, 6) is 2.08. The Morgan fingerprint density at radius 3 is 3.00 bits per heavy atom. The minimum absolute atomic E-state index is 0. The quantitative estimate of drug-likeness (QED) is 0.943. The molecule has 2 aromatic rings. The van der Waals surface area contributed by atoms with Gasteiger partial charge in [-0.3, -0.25) is 0 Å². The molecule has 1 aliphatic heterocycles. The van der Waals surface area contributed by atoms with Gasteiger partial charge in [0.05, 0.1) is 13.2 Å². The first kappa shape index (κ1) is 14.8. The van der Waals surface area contributed by atoms with E-state index in [0.29, 0.717) is 11.7 Å². The molecule has 5 nitrogen and oxygen atoms in total. The first-order valence-corrected chi connectivity index (χ1v) is 6.58. The average molecular weight is 296 g/mol. The number of nitrogens with zero attached hydrogens (tertiary/aromatic N) is 2. The number of rotatable bonds is 3. The summed E-state index contributed by atoms with van der Waals surface area (Å²) >= 11 is 0. The number of hydrogen-bond donors (Lipinski definition) is 1. The molecule has 1 N–H and O–H groups in total. The van der Waals surface area contributed by atoms with Crippen LogP contribution in [0.3, 0.4) is 0 Å². The van der Waals surface area contributed by atoms with Crippen LogP contribution in [-0.2, 0) is 0 Å². The topological polar surface area (TPSA) is 60.2 Å². The van der Waals surface area contributed by atoms with Crippen molar-refractivity contribution in [3.05, 3.63) is 30.2 Å². The van der Waals surface area contributed by atoms with Gasteiger partial charge in [-0.1, -0.05) is 23.7 Å². The Kier molecular flexibility index (Phi) is 4.98. The number of halogens is 1. The number of methoxy groups -OCH3 is 1. The Hall–Kier alpha value is -1.59. The van der Waals surface area contributed by atoms with Crippen molar-refractivity contribution in [3.63, 3.8) is 0 Å². The van der Waals surface area contributed by atoms with E-state index in [9.17, 15) is 0 Å². The fourth-order valence-electron chi connectivity index (χ4n) is 2.32. The van der Waals surface area contributed by atoms with E-state index in [1.165, 1.54) is 12.8 Å². The number of ether oxygens (including phenoxy) is 1. The number of aromatic nitrogens is 2. The molecule has 1 fully saturated rings. The molecule has 0 aliphatic carbocycles. The molecular weight excluding hydrogens is 278 g/mol. The molecule has 1 aliphatic rings. The normalized spacial score (nSPS) is 18.4. The van der Waals surface area contributed by atoms with Gasteiger partial charge < -0.3 is 14.6 Å². The number of hydrogen-bond acceptors (Lipinski definition) is 5. The number of piperidine rings is 1. The zero-order valence-electron chi connectivity index (χ0n) is 11.3. The van der Waals surface area contributed by atoms with Crippen molar-refractivity contribution in [2.45, 2.75) is 25.3 Å². The van der Waals surface area contributed by atoms with Crippen LogP contribution in [0.15, 0.2) is 28.8 Å². The summed E-state index contributed by atoms with van der Waals surface area (Å²) in [7, 11) is 1.65. The van der Waals surface area contributed by atoms with Crippen molar-refractivity contribution in [1.29, 1.82) is 0 Å². The van der Waals surface area contributed by atoms with Crippen molar-refractivity contribution in [1.82, 2.24) is 15.5 Å². The zero-order chi connectivity index (χ0) is 13.1. The van der Waals surface area contributed by atoms with E-state index in [1.807, 2.05) is 24.3 Å². The molecule has 1 aromatic carbocycles. The van der Waals surface area contributed by atoms with Gasteiger partial charge in [0.1, 0.15) is 5.75 Å². The van der Waals surface area contributed by atoms with E-state index < -0.39 is 0 Å². The minimum Gasteiger partial charge on any atom is -0.497 e. The number of benzene rings is 1. The van der Waals surface area contributed by atoms with Gasteiger partial charge >= 0.3 is 0 Å². The summed E-state index contributed by atoms with van der Waals surface area (Å²) in [6.07, 6.45) is 3.47. The molecule has 0 unspecified atom stereocenters. The Morgan fingerprint density at radius 1 is 1.35 bits per heavy atom. The molecule has 0 saturated carbocycles. The lowest BCUT2D eigenvalue weighted by molar-refractivity contribution is 0.297. The highest BCUT2D eigenvalue weighted by Gasteiger charge is 2.21. The highest BCUT2D eigenvalue weighted by molar-refractivity contribution is 5.85. The lowest BCUT2D eigenvalue weighted by Crippen LogP contribution is -2.26. The summed E-state index contributed by atoms with van der Waals surface area (Å²) in [4.78, 5) is 4.48. The van der Waals surface area contributed by atoms with Crippen molar-refractivity contribution in [2.75, 3.05) is 13.7 Å². The van der Waals surface area contributed by atoms with Crippen LogP contribution in [0.1, 0.15) is 31.2 Å². The van der Waals surface area contributed by atoms with Gasteiger partial charge in [-0.25, -0.2) is 0 Å². The second-order valence-corrected chi connectivity index (χ2v) is 4.69. The lowest BCUT2D eigenvalue weighted by atomic mass is 10.1. The van der Waals surface area contributed by atoms with Gasteiger partial charge in [-0.2, -0.15) is 4.98 Å². The zero-order valence-corrected chi connectivity index (χ0v) is 12.2. The van der Waals surface area contributed by atoms with Crippen LogP contribution in [0.2, 0.25) is 0 Å². The first-order chi connectivity index (χ1) is 9.36. The predicted octanol–water partition coefficient (Wildman–Crippen LogP) is 2.98. The Morgan fingerprint density at radius 2 is 2.25 bits per heavy atom. The Labute approximate surface area is 124 Å². The summed E-state index contributed by atoms with van der Waals surface area (Å²) in [6.45, 7) is 1.02.